The van der Waals surface area contributed by atoms with Gasteiger partial charge < -0.3 is 9.64 Å². The summed E-state index contributed by atoms with van der Waals surface area (Å²) in [6, 6.07) is 9.30. The van der Waals surface area contributed by atoms with Gasteiger partial charge in [-0.05, 0) is 38.0 Å². The maximum Gasteiger partial charge on any atom is 0.260 e. The number of carbonyl (C=O) groups excluding carboxylic acids is 1. The molecule has 0 aromatic heterocycles. The van der Waals surface area contributed by atoms with Crippen LogP contribution in [0.25, 0.3) is 0 Å². The van der Waals surface area contributed by atoms with E-state index in [0.29, 0.717) is 36.7 Å². The van der Waals surface area contributed by atoms with Gasteiger partial charge in [-0.25, -0.2) is 0 Å². The van der Waals surface area contributed by atoms with Crippen molar-refractivity contribution >= 4 is 17.5 Å². The lowest BCUT2D eigenvalue weighted by molar-refractivity contribution is -0.135. The highest BCUT2D eigenvalue weighted by atomic mass is 35.5. The van der Waals surface area contributed by atoms with Crippen LogP contribution < -0.4 is 4.74 Å². The second-order valence-corrected chi connectivity index (χ2v) is 5.74. The molecule has 5 heteroatoms. The standard InChI is InChI=1S/C15H17ClN2O2/c1-15(11-17)5-7-18(8-6-15)14(19)10-20-13-4-2-3-12(16)9-13/h2-4,9H,5-8,10H2,1H3. The van der Waals surface area contributed by atoms with Crippen LogP contribution >= 0.6 is 11.6 Å². The topological polar surface area (TPSA) is 53.3 Å². The molecule has 1 fully saturated rings. The SMILES string of the molecule is CC1(C#N)CCN(C(=O)COc2cccc(Cl)c2)CC1. The van der Waals surface area contributed by atoms with Crippen molar-refractivity contribution in [1.82, 2.24) is 4.90 Å². The van der Waals surface area contributed by atoms with E-state index in [-0.39, 0.29) is 17.9 Å². The van der Waals surface area contributed by atoms with Crippen LogP contribution in [0.3, 0.4) is 0 Å². The maximum absolute atomic E-state index is 12.0. The van der Waals surface area contributed by atoms with E-state index in [2.05, 4.69) is 6.07 Å². The van der Waals surface area contributed by atoms with Gasteiger partial charge in [0.05, 0.1) is 11.5 Å². The Balaban J connectivity index is 1.83. The van der Waals surface area contributed by atoms with Crippen molar-refractivity contribution in [2.75, 3.05) is 19.7 Å². The van der Waals surface area contributed by atoms with Gasteiger partial charge in [-0.3, -0.25) is 4.79 Å². The highest BCUT2D eigenvalue weighted by Crippen LogP contribution is 2.29. The van der Waals surface area contributed by atoms with E-state index < -0.39 is 0 Å². The lowest BCUT2D eigenvalue weighted by Crippen LogP contribution is -2.43. The van der Waals surface area contributed by atoms with Crippen LogP contribution in [-0.4, -0.2) is 30.5 Å². The van der Waals surface area contributed by atoms with Crippen molar-refractivity contribution in [3.63, 3.8) is 0 Å². The average Bonchev–Trinajstić information content (AvgIpc) is 2.46. The Morgan fingerprint density at radius 2 is 2.20 bits per heavy atom. The predicted octanol–water partition coefficient (Wildman–Crippen LogP) is 2.87. The minimum Gasteiger partial charge on any atom is -0.484 e. The molecule has 0 atom stereocenters. The van der Waals surface area contributed by atoms with Crippen molar-refractivity contribution < 1.29 is 9.53 Å². The largest absolute Gasteiger partial charge is 0.484 e. The number of nitriles is 1. The van der Waals surface area contributed by atoms with Gasteiger partial charge in [-0.15, -0.1) is 0 Å². The third-order valence-corrected chi connectivity index (χ3v) is 3.88. The first kappa shape index (κ1) is 14.7. The van der Waals surface area contributed by atoms with Crippen LogP contribution in [-0.2, 0) is 4.79 Å². The van der Waals surface area contributed by atoms with Crippen LogP contribution in [0.1, 0.15) is 19.8 Å². The molecule has 1 saturated heterocycles. The Bertz CT molecular complexity index is 531. The molecule has 2 rings (SSSR count). The number of ether oxygens (including phenoxy) is 1. The molecule has 0 N–H and O–H groups in total. The monoisotopic (exact) mass is 292 g/mol. The van der Waals surface area contributed by atoms with Gasteiger partial charge in [0.1, 0.15) is 5.75 Å². The molecule has 0 radical (unpaired) electrons. The molecule has 1 heterocycles. The molecule has 0 unspecified atom stereocenters. The van der Waals surface area contributed by atoms with Gasteiger partial charge >= 0.3 is 0 Å². The summed E-state index contributed by atoms with van der Waals surface area (Å²) in [5, 5.41) is 9.64. The first-order valence-electron chi connectivity index (χ1n) is 6.60. The van der Waals surface area contributed by atoms with E-state index in [4.69, 9.17) is 21.6 Å². The fourth-order valence-corrected chi connectivity index (χ4v) is 2.33. The predicted molar refractivity (Wildman–Crippen MR) is 76.5 cm³/mol. The maximum atomic E-state index is 12.0. The van der Waals surface area contributed by atoms with Crippen molar-refractivity contribution in [2.24, 2.45) is 5.41 Å². The molecule has 4 nitrogen and oxygen atoms in total. The van der Waals surface area contributed by atoms with Crippen LogP contribution in [0.2, 0.25) is 5.02 Å². The van der Waals surface area contributed by atoms with E-state index in [1.54, 1.807) is 29.2 Å². The minimum absolute atomic E-state index is 0.00358. The molecule has 0 aliphatic carbocycles. The Kier molecular flexibility index (Phi) is 4.51. The molecular formula is C15H17ClN2O2. The van der Waals surface area contributed by atoms with E-state index in [1.165, 1.54) is 0 Å². The summed E-state index contributed by atoms with van der Waals surface area (Å²) in [7, 11) is 0. The van der Waals surface area contributed by atoms with Crippen LogP contribution in [0.5, 0.6) is 5.75 Å². The van der Waals surface area contributed by atoms with E-state index in [1.807, 2.05) is 6.92 Å². The van der Waals surface area contributed by atoms with E-state index in [9.17, 15) is 4.79 Å². The van der Waals surface area contributed by atoms with Crippen LogP contribution in [0.15, 0.2) is 24.3 Å². The summed E-state index contributed by atoms with van der Waals surface area (Å²) in [5.41, 5.74) is -0.301. The molecule has 106 valence electrons. The highest BCUT2D eigenvalue weighted by molar-refractivity contribution is 6.30. The van der Waals surface area contributed by atoms with Gasteiger partial charge in [-0.2, -0.15) is 5.26 Å². The molecule has 0 saturated carbocycles. The van der Waals surface area contributed by atoms with Crippen LogP contribution in [0.4, 0.5) is 0 Å². The summed E-state index contributed by atoms with van der Waals surface area (Å²) in [4.78, 5) is 13.8. The Morgan fingerprint density at radius 3 is 2.80 bits per heavy atom. The van der Waals surface area contributed by atoms with Crippen molar-refractivity contribution in [2.45, 2.75) is 19.8 Å². The van der Waals surface area contributed by atoms with Gasteiger partial charge in [0.2, 0.25) is 0 Å². The first-order valence-corrected chi connectivity index (χ1v) is 6.98. The van der Waals surface area contributed by atoms with E-state index >= 15 is 0 Å². The number of nitrogens with zero attached hydrogens (tertiary/aromatic N) is 2. The Morgan fingerprint density at radius 1 is 1.50 bits per heavy atom. The van der Waals surface area contributed by atoms with Gasteiger partial charge in [0, 0.05) is 18.1 Å². The average molecular weight is 293 g/mol. The molecular weight excluding hydrogens is 276 g/mol. The Labute approximate surface area is 123 Å². The third kappa shape index (κ3) is 3.64. The number of hydrogen-bond acceptors (Lipinski definition) is 3. The fraction of sp³-hybridized carbons (Fsp3) is 0.467. The number of amides is 1. The van der Waals surface area contributed by atoms with Crippen molar-refractivity contribution in [3.8, 4) is 11.8 Å². The minimum atomic E-state index is -0.301. The number of hydrogen-bond donors (Lipinski definition) is 0. The molecule has 1 amide bonds. The number of piperidine rings is 1. The second-order valence-electron chi connectivity index (χ2n) is 5.30. The van der Waals surface area contributed by atoms with Crippen molar-refractivity contribution in [3.05, 3.63) is 29.3 Å². The number of carbonyl (C=O) groups is 1. The summed E-state index contributed by atoms with van der Waals surface area (Å²) in [6.45, 7) is 3.17. The summed E-state index contributed by atoms with van der Waals surface area (Å²) in [6.07, 6.45) is 1.43. The van der Waals surface area contributed by atoms with Gasteiger partial charge in [0.15, 0.2) is 6.61 Å². The van der Waals surface area contributed by atoms with E-state index in [0.717, 1.165) is 0 Å². The van der Waals surface area contributed by atoms with Gasteiger partial charge in [0.25, 0.3) is 5.91 Å². The molecule has 20 heavy (non-hydrogen) atoms. The summed E-state index contributed by atoms with van der Waals surface area (Å²) < 4.78 is 5.44. The second kappa shape index (κ2) is 6.15. The molecule has 0 bridgehead atoms. The molecule has 0 spiro atoms. The molecule has 1 aromatic carbocycles. The number of rotatable bonds is 3. The quantitative estimate of drug-likeness (QED) is 0.861. The van der Waals surface area contributed by atoms with Gasteiger partial charge in [-0.1, -0.05) is 17.7 Å². The highest BCUT2D eigenvalue weighted by Gasteiger charge is 2.31. The summed E-state index contributed by atoms with van der Waals surface area (Å²) in [5.74, 6) is 0.537. The molecule has 1 aromatic rings. The third-order valence-electron chi connectivity index (χ3n) is 3.65. The van der Waals surface area contributed by atoms with Crippen molar-refractivity contribution in [1.29, 1.82) is 5.26 Å². The van der Waals surface area contributed by atoms with Crippen LogP contribution in [0, 0.1) is 16.7 Å². The zero-order valence-corrected chi connectivity index (χ0v) is 12.2. The molecule has 1 aliphatic heterocycles. The number of halogens is 1. The Hall–Kier alpha value is -1.73. The first-order chi connectivity index (χ1) is 9.52. The lowest BCUT2D eigenvalue weighted by Gasteiger charge is -2.34. The number of benzene rings is 1. The smallest absolute Gasteiger partial charge is 0.260 e. The molecule has 1 aliphatic rings. The normalized spacial score (nSPS) is 17.4. The fourth-order valence-electron chi connectivity index (χ4n) is 2.15. The zero-order valence-electron chi connectivity index (χ0n) is 11.4. The zero-order chi connectivity index (χ0) is 14.6. The summed E-state index contributed by atoms with van der Waals surface area (Å²) >= 11 is 5.85. The number of likely N-dealkylation sites (tertiary alicyclic amines) is 1. The lowest BCUT2D eigenvalue weighted by atomic mass is 9.82.